The van der Waals surface area contributed by atoms with E-state index in [0.717, 1.165) is 17.1 Å². The molecule has 1 nitrogen and oxygen atoms in total. The smallest absolute Gasteiger partial charge is 0.135 e. The van der Waals surface area contributed by atoms with Crippen LogP contribution in [0.5, 0.6) is 0 Å². The quantitative estimate of drug-likeness (QED) is 0.573. The third-order valence-electron chi connectivity index (χ3n) is 3.98. The molecule has 0 atom stereocenters. The highest BCUT2D eigenvalue weighted by atomic mass is 16.3. The number of rotatable bonds is 1. The van der Waals surface area contributed by atoms with Gasteiger partial charge in [-0.1, -0.05) is 30.7 Å². The molecular formula is C16H14O. The van der Waals surface area contributed by atoms with Crippen LogP contribution in [0.4, 0.5) is 0 Å². The van der Waals surface area contributed by atoms with Gasteiger partial charge in [-0.05, 0) is 42.5 Å². The first-order chi connectivity index (χ1) is 8.42. The van der Waals surface area contributed by atoms with Gasteiger partial charge in [0.05, 0.1) is 0 Å². The molecule has 1 aromatic heterocycles. The maximum Gasteiger partial charge on any atom is 0.135 e. The Labute approximate surface area is 100 Å². The van der Waals surface area contributed by atoms with Gasteiger partial charge in [-0.2, -0.15) is 0 Å². The Morgan fingerprint density at radius 1 is 0.882 bits per heavy atom. The fourth-order valence-corrected chi connectivity index (χ4v) is 2.74. The molecule has 0 unspecified atom stereocenters. The zero-order valence-corrected chi connectivity index (χ0v) is 9.65. The maximum absolute atomic E-state index is 5.84. The molecule has 1 aliphatic carbocycles. The van der Waals surface area contributed by atoms with E-state index in [1.807, 2.05) is 12.1 Å². The highest BCUT2D eigenvalue weighted by molar-refractivity contribution is 6.05. The van der Waals surface area contributed by atoms with Gasteiger partial charge in [0.1, 0.15) is 11.2 Å². The summed E-state index contributed by atoms with van der Waals surface area (Å²) < 4.78 is 5.84. The van der Waals surface area contributed by atoms with Crippen LogP contribution in [0.1, 0.15) is 30.7 Å². The van der Waals surface area contributed by atoms with Gasteiger partial charge >= 0.3 is 0 Å². The highest BCUT2D eigenvalue weighted by Gasteiger charge is 2.20. The van der Waals surface area contributed by atoms with Gasteiger partial charge in [-0.3, -0.25) is 0 Å². The van der Waals surface area contributed by atoms with Crippen molar-refractivity contribution < 1.29 is 4.42 Å². The summed E-state index contributed by atoms with van der Waals surface area (Å²) in [7, 11) is 0. The van der Waals surface area contributed by atoms with E-state index >= 15 is 0 Å². The second kappa shape index (κ2) is 3.36. The van der Waals surface area contributed by atoms with E-state index < -0.39 is 0 Å². The molecule has 0 amide bonds. The topological polar surface area (TPSA) is 13.1 Å². The molecule has 0 bridgehead atoms. The number of furan rings is 1. The first kappa shape index (κ1) is 9.29. The van der Waals surface area contributed by atoms with Crippen LogP contribution in [0.3, 0.4) is 0 Å². The number of para-hydroxylation sites is 1. The Bertz CT molecular complexity index is 689. The molecule has 1 saturated carbocycles. The van der Waals surface area contributed by atoms with Gasteiger partial charge in [0.25, 0.3) is 0 Å². The third kappa shape index (κ3) is 1.32. The predicted octanol–water partition coefficient (Wildman–Crippen LogP) is 4.85. The van der Waals surface area contributed by atoms with E-state index in [4.69, 9.17) is 4.42 Å². The molecule has 1 heterocycles. The molecule has 1 fully saturated rings. The summed E-state index contributed by atoms with van der Waals surface area (Å²) in [6.07, 6.45) is 4.08. The molecule has 1 aliphatic rings. The van der Waals surface area contributed by atoms with Gasteiger partial charge in [0.2, 0.25) is 0 Å². The molecule has 3 aromatic rings. The van der Waals surface area contributed by atoms with Crippen LogP contribution in [0.15, 0.2) is 46.9 Å². The van der Waals surface area contributed by atoms with Gasteiger partial charge in [-0.15, -0.1) is 0 Å². The minimum absolute atomic E-state index is 0.785. The van der Waals surface area contributed by atoms with Crippen LogP contribution in [0.25, 0.3) is 21.9 Å². The Hall–Kier alpha value is -1.76. The summed E-state index contributed by atoms with van der Waals surface area (Å²) in [4.78, 5) is 0. The van der Waals surface area contributed by atoms with E-state index in [1.165, 1.54) is 35.6 Å². The lowest BCUT2D eigenvalue weighted by Gasteiger charge is -2.25. The van der Waals surface area contributed by atoms with Crippen molar-refractivity contribution >= 4 is 21.9 Å². The predicted molar refractivity (Wildman–Crippen MR) is 70.3 cm³/mol. The van der Waals surface area contributed by atoms with Crippen LogP contribution >= 0.6 is 0 Å². The Morgan fingerprint density at radius 3 is 2.53 bits per heavy atom. The van der Waals surface area contributed by atoms with Crippen LogP contribution < -0.4 is 0 Å². The Balaban J connectivity index is 2.00. The van der Waals surface area contributed by atoms with Crippen molar-refractivity contribution in [2.75, 3.05) is 0 Å². The van der Waals surface area contributed by atoms with E-state index in [2.05, 4.69) is 30.3 Å². The highest BCUT2D eigenvalue weighted by Crippen LogP contribution is 2.39. The van der Waals surface area contributed by atoms with Gasteiger partial charge in [0.15, 0.2) is 0 Å². The fraction of sp³-hybridized carbons (Fsp3) is 0.250. The van der Waals surface area contributed by atoms with E-state index in [0.29, 0.717) is 0 Å². The van der Waals surface area contributed by atoms with Crippen LogP contribution in [0, 0.1) is 0 Å². The summed E-state index contributed by atoms with van der Waals surface area (Å²) in [5.41, 5.74) is 3.48. The molecule has 0 saturated heterocycles. The maximum atomic E-state index is 5.84. The van der Waals surface area contributed by atoms with Crippen molar-refractivity contribution in [3.63, 3.8) is 0 Å². The number of fused-ring (bicyclic) bond motifs is 3. The zero-order valence-electron chi connectivity index (χ0n) is 9.65. The second-order valence-electron chi connectivity index (χ2n) is 4.98. The monoisotopic (exact) mass is 222 g/mol. The van der Waals surface area contributed by atoms with Crippen LogP contribution in [-0.4, -0.2) is 0 Å². The minimum Gasteiger partial charge on any atom is -0.456 e. The summed E-state index contributed by atoms with van der Waals surface area (Å²) in [6, 6.07) is 15.0. The number of hydrogen-bond donors (Lipinski definition) is 0. The molecule has 0 N–H and O–H groups in total. The summed E-state index contributed by atoms with van der Waals surface area (Å²) >= 11 is 0. The van der Waals surface area contributed by atoms with Crippen molar-refractivity contribution in [1.29, 1.82) is 0 Å². The van der Waals surface area contributed by atoms with Crippen molar-refractivity contribution in [2.24, 2.45) is 0 Å². The molecule has 0 spiro atoms. The van der Waals surface area contributed by atoms with E-state index in [9.17, 15) is 0 Å². The average molecular weight is 222 g/mol. The second-order valence-corrected chi connectivity index (χ2v) is 4.98. The number of hydrogen-bond acceptors (Lipinski definition) is 1. The van der Waals surface area contributed by atoms with E-state index in [1.54, 1.807) is 0 Å². The Kier molecular flexibility index (Phi) is 1.84. The van der Waals surface area contributed by atoms with Crippen molar-refractivity contribution in [2.45, 2.75) is 25.2 Å². The number of benzene rings is 2. The zero-order chi connectivity index (χ0) is 11.2. The van der Waals surface area contributed by atoms with Crippen LogP contribution in [-0.2, 0) is 0 Å². The molecule has 2 aromatic carbocycles. The third-order valence-corrected chi connectivity index (χ3v) is 3.98. The summed E-state index contributed by atoms with van der Waals surface area (Å²) in [6.45, 7) is 0. The fourth-order valence-electron chi connectivity index (χ4n) is 2.74. The Morgan fingerprint density at radius 2 is 1.71 bits per heavy atom. The van der Waals surface area contributed by atoms with E-state index in [-0.39, 0.29) is 0 Å². The molecule has 17 heavy (non-hydrogen) atoms. The SMILES string of the molecule is c1ccc2c(c1)oc1ccc(C3CCC3)cc12. The lowest BCUT2D eigenvalue weighted by Crippen LogP contribution is -2.08. The van der Waals surface area contributed by atoms with Gasteiger partial charge in [0, 0.05) is 10.8 Å². The van der Waals surface area contributed by atoms with Crippen molar-refractivity contribution in [3.8, 4) is 0 Å². The average Bonchev–Trinajstić information content (AvgIpc) is 2.65. The normalized spacial score (nSPS) is 16.5. The molecule has 4 rings (SSSR count). The molecule has 84 valence electrons. The lowest BCUT2D eigenvalue weighted by molar-refractivity contribution is 0.420. The molecule has 0 radical (unpaired) electrons. The largest absolute Gasteiger partial charge is 0.456 e. The molecular weight excluding hydrogens is 208 g/mol. The van der Waals surface area contributed by atoms with Crippen LogP contribution in [0.2, 0.25) is 0 Å². The molecule has 1 heteroatoms. The minimum atomic E-state index is 0.785. The van der Waals surface area contributed by atoms with Gasteiger partial charge in [-0.25, -0.2) is 0 Å². The first-order valence-electron chi connectivity index (χ1n) is 6.33. The standard InChI is InChI=1S/C16H14O/c1-2-7-15-13(6-1)14-10-12(11-4-3-5-11)8-9-16(14)17-15/h1-2,6-11H,3-5H2. The van der Waals surface area contributed by atoms with Crippen molar-refractivity contribution in [3.05, 3.63) is 48.0 Å². The van der Waals surface area contributed by atoms with Crippen molar-refractivity contribution in [1.82, 2.24) is 0 Å². The first-order valence-corrected chi connectivity index (χ1v) is 6.33. The summed E-state index contributed by atoms with van der Waals surface area (Å²) in [5, 5.41) is 2.51. The summed E-state index contributed by atoms with van der Waals surface area (Å²) in [5.74, 6) is 0.785. The molecule has 0 aliphatic heterocycles. The van der Waals surface area contributed by atoms with Gasteiger partial charge < -0.3 is 4.42 Å². The lowest BCUT2D eigenvalue weighted by atomic mass is 9.80.